The van der Waals surface area contributed by atoms with E-state index in [0.717, 1.165) is 0 Å². The maximum absolute atomic E-state index is 13.9. The normalized spacial score (nSPS) is 22.0. The molecule has 2 rings (SSSR count). The van der Waals surface area contributed by atoms with Crippen molar-refractivity contribution in [1.82, 2.24) is 0 Å². The lowest BCUT2D eigenvalue weighted by Crippen LogP contribution is -2.55. The van der Waals surface area contributed by atoms with Crippen LogP contribution in [0.5, 0.6) is 5.75 Å². The van der Waals surface area contributed by atoms with Crippen LogP contribution in [0.1, 0.15) is 12.5 Å². The van der Waals surface area contributed by atoms with Gasteiger partial charge in [-0.1, -0.05) is 19.1 Å². The van der Waals surface area contributed by atoms with E-state index in [9.17, 15) is 36.6 Å². The van der Waals surface area contributed by atoms with Crippen molar-refractivity contribution < 1.29 is 36.6 Å². The molecule has 0 fully saturated rings. The van der Waals surface area contributed by atoms with Crippen molar-refractivity contribution in [2.24, 2.45) is 11.7 Å². The van der Waals surface area contributed by atoms with Gasteiger partial charge in [0.2, 0.25) is 5.41 Å². The van der Waals surface area contributed by atoms with Crippen molar-refractivity contribution in [2.45, 2.75) is 30.8 Å². The molecule has 0 saturated heterocycles. The SMILES string of the molecule is CC1C=C(C(c2ccc(O)c(N)c2)(C(F)(F)F)C(F)(F)F)C=C(N)C1O. The fraction of sp³-hybridized carbons (Fsp3) is 0.375. The van der Waals surface area contributed by atoms with Crippen molar-refractivity contribution >= 4 is 5.69 Å². The molecule has 0 heterocycles. The highest BCUT2D eigenvalue weighted by Crippen LogP contribution is 2.58. The number of allylic oxidation sites excluding steroid dienone is 2. The summed E-state index contributed by atoms with van der Waals surface area (Å²) in [6.45, 7) is 1.24. The number of alkyl halides is 6. The van der Waals surface area contributed by atoms with Crippen LogP contribution in [0.25, 0.3) is 0 Å². The van der Waals surface area contributed by atoms with Gasteiger partial charge in [-0.25, -0.2) is 0 Å². The summed E-state index contributed by atoms with van der Waals surface area (Å²) < 4.78 is 83.6. The second-order valence-corrected chi connectivity index (χ2v) is 6.09. The predicted octanol–water partition coefficient (Wildman–Crippen LogP) is 3.12. The number of benzene rings is 1. The minimum absolute atomic E-state index is 0.427. The Morgan fingerprint density at radius 3 is 1.96 bits per heavy atom. The lowest BCUT2D eigenvalue weighted by atomic mass is 9.69. The van der Waals surface area contributed by atoms with Crippen LogP contribution in [-0.4, -0.2) is 28.7 Å². The zero-order chi connectivity index (χ0) is 20.1. The van der Waals surface area contributed by atoms with E-state index in [0.29, 0.717) is 30.4 Å². The summed E-state index contributed by atoms with van der Waals surface area (Å²) in [5.41, 5.74) is 2.81. The highest BCUT2D eigenvalue weighted by atomic mass is 19.4. The molecule has 26 heavy (non-hydrogen) atoms. The third-order valence-electron chi connectivity index (χ3n) is 4.35. The summed E-state index contributed by atoms with van der Waals surface area (Å²) in [4.78, 5) is 0. The standard InChI is InChI=1S/C16H16F6N2O2/c1-7-4-9(6-11(24)13(7)26)14(15(17,18)19,16(20,21)22)8-2-3-12(25)10(23)5-8/h2-7,13,25-26H,23-24H2,1H3. The van der Waals surface area contributed by atoms with Crippen molar-refractivity contribution in [3.8, 4) is 5.75 Å². The molecule has 0 spiro atoms. The molecule has 144 valence electrons. The molecule has 4 nitrogen and oxygen atoms in total. The van der Waals surface area contributed by atoms with Gasteiger partial charge in [-0.15, -0.1) is 0 Å². The molecule has 2 atom stereocenters. The third-order valence-corrected chi connectivity index (χ3v) is 4.35. The first-order valence-electron chi connectivity index (χ1n) is 7.33. The number of nitrogen functional groups attached to an aromatic ring is 1. The Hall–Kier alpha value is -2.36. The number of anilines is 1. The maximum Gasteiger partial charge on any atom is 0.411 e. The molecule has 0 amide bonds. The molecule has 2 unspecified atom stereocenters. The van der Waals surface area contributed by atoms with Crippen LogP contribution in [0.2, 0.25) is 0 Å². The molecule has 1 aliphatic rings. The first-order valence-corrected chi connectivity index (χ1v) is 7.33. The molecule has 0 aromatic heterocycles. The Morgan fingerprint density at radius 1 is 1.00 bits per heavy atom. The number of phenolic OH excluding ortho intramolecular Hbond substituents is 1. The monoisotopic (exact) mass is 382 g/mol. The zero-order valence-electron chi connectivity index (χ0n) is 13.4. The molecule has 1 aromatic carbocycles. The quantitative estimate of drug-likeness (QED) is 0.359. The summed E-state index contributed by atoms with van der Waals surface area (Å²) in [5, 5.41) is 19.1. The van der Waals surface area contributed by atoms with Gasteiger partial charge in [-0.05, 0) is 29.3 Å². The first-order chi connectivity index (χ1) is 11.7. The van der Waals surface area contributed by atoms with Gasteiger partial charge in [0, 0.05) is 11.6 Å². The number of aliphatic hydroxyl groups excluding tert-OH is 1. The van der Waals surface area contributed by atoms with Crippen LogP contribution < -0.4 is 11.5 Å². The Kier molecular flexibility index (Phi) is 4.69. The minimum Gasteiger partial charge on any atom is -0.506 e. The van der Waals surface area contributed by atoms with E-state index in [-0.39, 0.29) is 0 Å². The molecule has 6 N–H and O–H groups in total. The smallest absolute Gasteiger partial charge is 0.411 e. The van der Waals surface area contributed by atoms with Crippen molar-refractivity contribution in [3.05, 3.63) is 47.2 Å². The van der Waals surface area contributed by atoms with Crippen LogP contribution in [0, 0.1) is 5.92 Å². The highest BCUT2D eigenvalue weighted by Gasteiger charge is 2.73. The van der Waals surface area contributed by atoms with Crippen molar-refractivity contribution in [3.63, 3.8) is 0 Å². The molecular weight excluding hydrogens is 366 g/mol. The van der Waals surface area contributed by atoms with Crippen LogP contribution >= 0.6 is 0 Å². The first kappa shape index (κ1) is 20.0. The van der Waals surface area contributed by atoms with Gasteiger partial charge in [-0.3, -0.25) is 0 Å². The van der Waals surface area contributed by atoms with Gasteiger partial charge in [0.15, 0.2) is 0 Å². The number of hydrogen-bond donors (Lipinski definition) is 4. The summed E-state index contributed by atoms with van der Waals surface area (Å²) in [5.74, 6) is -1.72. The van der Waals surface area contributed by atoms with Crippen molar-refractivity contribution in [1.29, 1.82) is 0 Å². The number of halogens is 6. The van der Waals surface area contributed by atoms with Crippen LogP contribution in [0.15, 0.2) is 41.6 Å². The molecule has 0 bridgehead atoms. The van der Waals surface area contributed by atoms with Gasteiger partial charge in [-0.2, -0.15) is 26.3 Å². The Balaban J connectivity index is 2.91. The fourth-order valence-electron chi connectivity index (χ4n) is 2.99. The number of nitrogens with two attached hydrogens (primary N) is 2. The third kappa shape index (κ3) is 2.87. The van der Waals surface area contributed by atoms with E-state index in [1.54, 1.807) is 0 Å². The lowest BCUT2D eigenvalue weighted by molar-refractivity contribution is -0.289. The van der Waals surface area contributed by atoms with E-state index < -0.39 is 58.1 Å². The fourth-order valence-corrected chi connectivity index (χ4v) is 2.99. The van der Waals surface area contributed by atoms with Gasteiger partial charge < -0.3 is 21.7 Å². The Morgan fingerprint density at radius 2 is 1.54 bits per heavy atom. The average molecular weight is 382 g/mol. The Bertz CT molecular complexity index is 753. The number of hydrogen-bond acceptors (Lipinski definition) is 4. The predicted molar refractivity (Wildman–Crippen MR) is 81.8 cm³/mol. The number of phenols is 1. The van der Waals surface area contributed by atoms with E-state index >= 15 is 0 Å². The topological polar surface area (TPSA) is 92.5 Å². The second kappa shape index (κ2) is 6.11. The van der Waals surface area contributed by atoms with Gasteiger partial charge in [0.05, 0.1) is 11.8 Å². The lowest BCUT2D eigenvalue weighted by Gasteiger charge is -2.41. The molecule has 10 heteroatoms. The van der Waals surface area contributed by atoms with Gasteiger partial charge in [0.25, 0.3) is 0 Å². The molecular formula is C16H16F6N2O2. The van der Waals surface area contributed by atoms with Gasteiger partial charge in [0.1, 0.15) is 5.75 Å². The van der Waals surface area contributed by atoms with Crippen LogP contribution in [0.3, 0.4) is 0 Å². The average Bonchev–Trinajstić information content (AvgIpc) is 2.46. The van der Waals surface area contributed by atoms with Crippen molar-refractivity contribution in [2.75, 3.05) is 5.73 Å². The highest BCUT2D eigenvalue weighted by molar-refractivity contribution is 5.59. The summed E-state index contributed by atoms with van der Waals surface area (Å²) >= 11 is 0. The Labute approximate surface area is 144 Å². The maximum atomic E-state index is 13.9. The van der Waals surface area contributed by atoms with E-state index in [1.165, 1.54) is 6.92 Å². The summed E-state index contributed by atoms with van der Waals surface area (Å²) in [7, 11) is 0. The summed E-state index contributed by atoms with van der Waals surface area (Å²) in [6, 6.07) is 1.59. The van der Waals surface area contributed by atoms with E-state index in [4.69, 9.17) is 11.5 Å². The van der Waals surface area contributed by atoms with Gasteiger partial charge >= 0.3 is 12.4 Å². The molecule has 0 aliphatic heterocycles. The molecule has 0 saturated carbocycles. The number of aliphatic hydroxyl groups is 1. The van der Waals surface area contributed by atoms with E-state index in [2.05, 4.69) is 0 Å². The minimum atomic E-state index is -5.81. The summed E-state index contributed by atoms with van der Waals surface area (Å²) in [6.07, 6.45) is -11.8. The zero-order valence-corrected chi connectivity index (χ0v) is 13.4. The number of rotatable bonds is 2. The van der Waals surface area contributed by atoms with E-state index in [1.807, 2.05) is 0 Å². The molecule has 1 aliphatic carbocycles. The van der Waals surface area contributed by atoms with Crippen LogP contribution in [-0.2, 0) is 5.41 Å². The largest absolute Gasteiger partial charge is 0.506 e. The number of aromatic hydroxyl groups is 1. The molecule has 0 radical (unpaired) electrons. The second-order valence-electron chi connectivity index (χ2n) is 6.09. The molecule has 1 aromatic rings. The van der Waals surface area contributed by atoms with Crippen LogP contribution in [0.4, 0.5) is 32.0 Å².